The summed E-state index contributed by atoms with van der Waals surface area (Å²) in [7, 11) is 0. The van der Waals surface area contributed by atoms with Gasteiger partial charge in [0.2, 0.25) is 5.89 Å². The molecule has 0 aliphatic heterocycles. The van der Waals surface area contributed by atoms with Crippen molar-refractivity contribution in [3.63, 3.8) is 0 Å². The first-order valence-corrected chi connectivity index (χ1v) is 7.47. The Balaban J connectivity index is 1.83. The van der Waals surface area contributed by atoms with Gasteiger partial charge in [-0.25, -0.2) is 0 Å². The topological polar surface area (TPSA) is 54.2 Å². The lowest BCUT2D eigenvalue weighted by Crippen LogP contribution is -2.32. The second-order valence-corrected chi connectivity index (χ2v) is 5.84. The predicted molar refractivity (Wildman–Crippen MR) is 76.1 cm³/mol. The second kappa shape index (κ2) is 6.89. The Bertz CT molecular complexity index is 373. The van der Waals surface area contributed by atoms with Crippen molar-refractivity contribution in [3.8, 4) is 0 Å². The third kappa shape index (κ3) is 4.20. The minimum absolute atomic E-state index is 0.633. The molecule has 0 saturated heterocycles. The Labute approximate surface area is 115 Å². The number of anilines is 1. The Morgan fingerprint density at radius 3 is 2.74 bits per heavy atom. The van der Waals surface area contributed by atoms with E-state index in [4.69, 9.17) is 4.42 Å². The Kier molecular flexibility index (Phi) is 5.19. The zero-order valence-corrected chi connectivity index (χ0v) is 12.4. The fourth-order valence-corrected chi connectivity index (χ4v) is 2.24. The summed E-state index contributed by atoms with van der Waals surface area (Å²) in [4.78, 5) is 2.20. The SMILES string of the molecule is CCN(CC1CCC1)c1nnc(CNCC(C)C)o1. The highest BCUT2D eigenvalue weighted by Crippen LogP contribution is 2.28. The lowest BCUT2D eigenvalue weighted by atomic mass is 9.85. The van der Waals surface area contributed by atoms with Gasteiger partial charge >= 0.3 is 6.01 Å². The van der Waals surface area contributed by atoms with Gasteiger partial charge in [0.1, 0.15) is 0 Å². The van der Waals surface area contributed by atoms with E-state index in [1.165, 1.54) is 19.3 Å². The summed E-state index contributed by atoms with van der Waals surface area (Å²) in [5, 5.41) is 11.6. The van der Waals surface area contributed by atoms with Crippen molar-refractivity contribution in [2.45, 2.75) is 46.6 Å². The van der Waals surface area contributed by atoms with Crippen LogP contribution < -0.4 is 10.2 Å². The lowest BCUT2D eigenvalue weighted by molar-refractivity contribution is 0.312. The summed E-state index contributed by atoms with van der Waals surface area (Å²) < 4.78 is 5.73. The van der Waals surface area contributed by atoms with Crippen LogP contribution in [0.15, 0.2) is 4.42 Å². The van der Waals surface area contributed by atoms with Crippen LogP contribution in [0.1, 0.15) is 45.9 Å². The Morgan fingerprint density at radius 2 is 2.16 bits per heavy atom. The quantitative estimate of drug-likeness (QED) is 0.783. The number of hydrogen-bond acceptors (Lipinski definition) is 5. The van der Waals surface area contributed by atoms with E-state index in [1.807, 2.05) is 0 Å². The van der Waals surface area contributed by atoms with Crippen molar-refractivity contribution in [1.82, 2.24) is 15.5 Å². The van der Waals surface area contributed by atoms with Crippen LogP contribution in [0.4, 0.5) is 6.01 Å². The summed E-state index contributed by atoms with van der Waals surface area (Å²) in [6.07, 6.45) is 4.05. The van der Waals surface area contributed by atoms with Crippen LogP contribution in [-0.2, 0) is 6.54 Å². The van der Waals surface area contributed by atoms with Crippen LogP contribution in [0.2, 0.25) is 0 Å². The normalized spacial score (nSPS) is 15.8. The molecule has 0 bridgehead atoms. The van der Waals surface area contributed by atoms with Crippen molar-refractivity contribution in [3.05, 3.63) is 5.89 Å². The average molecular weight is 266 g/mol. The van der Waals surface area contributed by atoms with Crippen molar-refractivity contribution >= 4 is 6.01 Å². The molecule has 108 valence electrons. The number of hydrogen-bond donors (Lipinski definition) is 1. The fraction of sp³-hybridized carbons (Fsp3) is 0.857. The minimum atomic E-state index is 0.633. The highest BCUT2D eigenvalue weighted by atomic mass is 16.4. The number of aromatic nitrogens is 2. The molecule has 1 heterocycles. The van der Waals surface area contributed by atoms with Gasteiger partial charge in [0.05, 0.1) is 6.54 Å². The molecule has 1 N–H and O–H groups in total. The smallest absolute Gasteiger partial charge is 0.318 e. The maximum atomic E-state index is 5.73. The summed E-state index contributed by atoms with van der Waals surface area (Å²) >= 11 is 0. The molecule has 1 saturated carbocycles. The molecule has 0 unspecified atom stereocenters. The molecular formula is C14H26N4O. The Hall–Kier alpha value is -1.10. The molecule has 0 aromatic carbocycles. The first-order valence-electron chi connectivity index (χ1n) is 7.47. The van der Waals surface area contributed by atoms with Crippen LogP contribution in [0, 0.1) is 11.8 Å². The summed E-state index contributed by atoms with van der Waals surface area (Å²) in [5.41, 5.74) is 0. The number of rotatable bonds is 8. The molecule has 1 aliphatic rings. The molecule has 0 atom stereocenters. The van der Waals surface area contributed by atoms with E-state index in [2.05, 4.69) is 41.2 Å². The molecule has 0 radical (unpaired) electrons. The third-order valence-electron chi connectivity index (χ3n) is 3.64. The summed E-state index contributed by atoms with van der Waals surface area (Å²) in [6.45, 7) is 10.1. The largest absolute Gasteiger partial charge is 0.407 e. The van der Waals surface area contributed by atoms with E-state index >= 15 is 0 Å². The standard InChI is InChI=1S/C14H26N4O/c1-4-18(10-12-6-5-7-12)14-17-16-13(19-14)9-15-8-11(2)3/h11-12,15H,4-10H2,1-3H3. The monoisotopic (exact) mass is 266 g/mol. The van der Waals surface area contributed by atoms with E-state index in [0.717, 1.165) is 25.6 Å². The summed E-state index contributed by atoms with van der Waals surface area (Å²) in [5.74, 6) is 2.13. The van der Waals surface area contributed by atoms with E-state index in [0.29, 0.717) is 24.4 Å². The predicted octanol–water partition coefficient (Wildman–Crippen LogP) is 2.44. The van der Waals surface area contributed by atoms with Gasteiger partial charge in [0, 0.05) is 13.1 Å². The summed E-state index contributed by atoms with van der Waals surface area (Å²) in [6, 6.07) is 0.677. The van der Waals surface area contributed by atoms with E-state index in [1.54, 1.807) is 0 Å². The van der Waals surface area contributed by atoms with Crippen LogP contribution in [0.25, 0.3) is 0 Å². The maximum absolute atomic E-state index is 5.73. The van der Waals surface area contributed by atoms with Crippen molar-refractivity contribution in [2.75, 3.05) is 24.5 Å². The Morgan fingerprint density at radius 1 is 1.37 bits per heavy atom. The molecule has 5 heteroatoms. The van der Waals surface area contributed by atoms with Crippen molar-refractivity contribution in [2.24, 2.45) is 11.8 Å². The molecule has 1 aliphatic carbocycles. The van der Waals surface area contributed by atoms with Gasteiger partial charge in [-0.05, 0) is 38.1 Å². The van der Waals surface area contributed by atoms with Crippen LogP contribution in [0.3, 0.4) is 0 Å². The van der Waals surface area contributed by atoms with E-state index < -0.39 is 0 Å². The molecule has 19 heavy (non-hydrogen) atoms. The van der Waals surface area contributed by atoms with Crippen molar-refractivity contribution in [1.29, 1.82) is 0 Å². The van der Waals surface area contributed by atoms with Gasteiger partial charge < -0.3 is 14.6 Å². The first kappa shape index (κ1) is 14.3. The van der Waals surface area contributed by atoms with Gasteiger partial charge in [-0.15, -0.1) is 5.10 Å². The van der Waals surface area contributed by atoms with Gasteiger partial charge in [-0.3, -0.25) is 0 Å². The first-order chi connectivity index (χ1) is 9.19. The highest BCUT2D eigenvalue weighted by molar-refractivity contribution is 5.23. The lowest BCUT2D eigenvalue weighted by Gasteiger charge is -2.30. The average Bonchev–Trinajstić information content (AvgIpc) is 2.76. The molecular weight excluding hydrogens is 240 g/mol. The van der Waals surface area contributed by atoms with Gasteiger partial charge in [-0.2, -0.15) is 0 Å². The number of nitrogens with one attached hydrogen (secondary N) is 1. The molecule has 0 spiro atoms. The number of nitrogens with zero attached hydrogens (tertiary/aromatic N) is 3. The van der Waals surface area contributed by atoms with Crippen LogP contribution in [-0.4, -0.2) is 29.8 Å². The fourth-order valence-electron chi connectivity index (χ4n) is 2.24. The highest BCUT2D eigenvalue weighted by Gasteiger charge is 2.22. The van der Waals surface area contributed by atoms with Crippen LogP contribution in [0.5, 0.6) is 0 Å². The molecule has 2 rings (SSSR count). The molecule has 0 amide bonds. The van der Waals surface area contributed by atoms with E-state index in [-0.39, 0.29) is 0 Å². The van der Waals surface area contributed by atoms with E-state index in [9.17, 15) is 0 Å². The second-order valence-electron chi connectivity index (χ2n) is 5.84. The molecule has 5 nitrogen and oxygen atoms in total. The maximum Gasteiger partial charge on any atom is 0.318 e. The third-order valence-corrected chi connectivity index (χ3v) is 3.64. The zero-order chi connectivity index (χ0) is 13.7. The van der Waals surface area contributed by atoms with Crippen molar-refractivity contribution < 1.29 is 4.42 Å². The van der Waals surface area contributed by atoms with Gasteiger partial charge in [-0.1, -0.05) is 25.4 Å². The molecule has 1 aromatic rings. The van der Waals surface area contributed by atoms with Crippen LogP contribution >= 0.6 is 0 Å². The van der Waals surface area contributed by atoms with Gasteiger partial charge in [0.25, 0.3) is 0 Å². The van der Waals surface area contributed by atoms with Gasteiger partial charge in [0.15, 0.2) is 0 Å². The zero-order valence-electron chi connectivity index (χ0n) is 12.4. The molecule has 1 fully saturated rings. The minimum Gasteiger partial charge on any atom is -0.407 e. The molecule has 1 aromatic heterocycles.